The van der Waals surface area contributed by atoms with E-state index < -0.39 is 0 Å². The molecule has 1 atom stereocenters. The van der Waals surface area contributed by atoms with Gasteiger partial charge in [0, 0.05) is 12.2 Å². The minimum absolute atomic E-state index is 0.154. The molecule has 3 heteroatoms. The van der Waals surface area contributed by atoms with Gasteiger partial charge in [0.15, 0.2) is 0 Å². The van der Waals surface area contributed by atoms with Crippen LogP contribution in [0, 0.1) is 6.92 Å². The van der Waals surface area contributed by atoms with Crippen molar-refractivity contribution < 1.29 is 5.11 Å². The van der Waals surface area contributed by atoms with Crippen LogP contribution in [0.1, 0.15) is 31.7 Å². The largest absolute Gasteiger partial charge is 0.394 e. The van der Waals surface area contributed by atoms with Gasteiger partial charge in [-0.3, -0.25) is 0 Å². The molecule has 0 amide bonds. The molecule has 0 spiro atoms. The maximum atomic E-state index is 9.86. The number of nitrogens with zero attached hydrogens (tertiary/aromatic N) is 1. The number of rotatable bonds is 4. The van der Waals surface area contributed by atoms with Gasteiger partial charge in [0.25, 0.3) is 0 Å². The van der Waals surface area contributed by atoms with Crippen molar-refractivity contribution in [3.8, 4) is 0 Å². The summed E-state index contributed by atoms with van der Waals surface area (Å²) in [4.78, 5) is 2.47. The fraction of sp³-hybridized carbons (Fsp3) is 0.625. The molecule has 0 bridgehead atoms. The Hall–Kier alpha value is -1.06. The van der Waals surface area contributed by atoms with E-state index in [9.17, 15) is 5.11 Å². The summed E-state index contributed by atoms with van der Waals surface area (Å²) in [7, 11) is 0. The normalized spacial score (nSPS) is 25.0. The fourth-order valence-electron chi connectivity index (χ4n) is 2.83. The summed E-state index contributed by atoms with van der Waals surface area (Å²) in [6, 6.07) is 8.44. The van der Waals surface area contributed by atoms with Crippen LogP contribution in [0.15, 0.2) is 24.3 Å². The van der Waals surface area contributed by atoms with E-state index >= 15 is 0 Å². The van der Waals surface area contributed by atoms with Gasteiger partial charge in [0.1, 0.15) is 0 Å². The van der Waals surface area contributed by atoms with Gasteiger partial charge >= 0.3 is 0 Å². The van der Waals surface area contributed by atoms with E-state index in [1.807, 2.05) is 0 Å². The maximum Gasteiger partial charge on any atom is 0.0662 e. The van der Waals surface area contributed by atoms with E-state index in [0.717, 1.165) is 44.6 Å². The molecule has 1 aliphatic rings. The van der Waals surface area contributed by atoms with Gasteiger partial charge in [-0.05, 0) is 51.4 Å². The number of hydrogen-bond donors (Lipinski definition) is 2. The molecule has 1 saturated heterocycles. The Morgan fingerprint density at radius 2 is 1.95 bits per heavy atom. The van der Waals surface area contributed by atoms with Gasteiger partial charge in [-0.15, -0.1) is 0 Å². The molecule has 1 aromatic carbocycles. The molecule has 1 aromatic rings. The minimum Gasteiger partial charge on any atom is -0.394 e. The smallest absolute Gasteiger partial charge is 0.0662 e. The molecule has 0 saturated carbocycles. The predicted molar refractivity (Wildman–Crippen MR) is 80.6 cm³/mol. The average Bonchev–Trinajstić information content (AvgIpc) is 2.64. The van der Waals surface area contributed by atoms with Crippen molar-refractivity contribution in [3.05, 3.63) is 29.8 Å². The van der Waals surface area contributed by atoms with E-state index in [1.54, 1.807) is 0 Å². The van der Waals surface area contributed by atoms with Gasteiger partial charge in [-0.25, -0.2) is 0 Å². The number of benzene rings is 1. The van der Waals surface area contributed by atoms with Crippen molar-refractivity contribution >= 4 is 5.69 Å². The van der Waals surface area contributed by atoms with Gasteiger partial charge in [-0.1, -0.05) is 24.6 Å². The zero-order valence-corrected chi connectivity index (χ0v) is 12.2. The van der Waals surface area contributed by atoms with Crippen molar-refractivity contribution in [1.29, 1.82) is 0 Å². The third-order valence-electron chi connectivity index (χ3n) is 4.25. The summed E-state index contributed by atoms with van der Waals surface area (Å²) in [6.45, 7) is 7.82. The van der Waals surface area contributed by atoms with E-state index in [-0.39, 0.29) is 12.1 Å². The Bertz CT molecular complexity index is 390. The van der Waals surface area contributed by atoms with Crippen molar-refractivity contribution in [1.82, 2.24) is 4.90 Å². The van der Waals surface area contributed by atoms with Crippen LogP contribution in [-0.2, 0) is 0 Å². The molecule has 106 valence electrons. The molecule has 2 rings (SSSR count). The SMILES string of the molecule is CCN1CCCC(CO)(Nc2ccc(C)cc2)CC1. The maximum absolute atomic E-state index is 9.86. The highest BCUT2D eigenvalue weighted by Crippen LogP contribution is 2.27. The van der Waals surface area contributed by atoms with E-state index in [0.29, 0.717) is 0 Å². The van der Waals surface area contributed by atoms with E-state index in [2.05, 4.69) is 48.3 Å². The number of nitrogens with one attached hydrogen (secondary N) is 1. The number of likely N-dealkylation sites (tertiary alicyclic amines) is 1. The third-order valence-corrected chi connectivity index (χ3v) is 4.25. The molecular weight excluding hydrogens is 236 g/mol. The van der Waals surface area contributed by atoms with Crippen molar-refractivity contribution in [2.24, 2.45) is 0 Å². The van der Waals surface area contributed by atoms with Crippen LogP contribution in [-0.4, -0.2) is 41.8 Å². The number of aryl methyl sites for hydroxylation is 1. The zero-order valence-electron chi connectivity index (χ0n) is 12.2. The van der Waals surface area contributed by atoms with Crippen molar-refractivity contribution in [2.75, 3.05) is 31.6 Å². The highest BCUT2D eigenvalue weighted by atomic mass is 16.3. The summed E-state index contributed by atoms with van der Waals surface area (Å²) in [6.07, 6.45) is 3.19. The van der Waals surface area contributed by atoms with Crippen LogP contribution in [0.3, 0.4) is 0 Å². The summed E-state index contributed by atoms with van der Waals surface area (Å²) >= 11 is 0. The monoisotopic (exact) mass is 262 g/mol. The Kier molecular flexibility index (Phi) is 4.83. The van der Waals surface area contributed by atoms with Gasteiger partial charge in [0.05, 0.1) is 12.1 Å². The van der Waals surface area contributed by atoms with Gasteiger partial charge in [0.2, 0.25) is 0 Å². The molecule has 19 heavy (non-hydrogen) atoms. The van der Waals surface area contributed by atoms with Crippen LogP contribution in [0.4, 0.5) is 5.69 Å². The summed E-state index contributed by atoms with van der Waals surface area (Å²) in [5.74, 6) is 0. The third kappa shape index (κ3) is 3.71. The van der Waals surface area contributed by atoms with Gasteiger partial charge in [-0.2, -0.15) is 0 Å². The van der Waals surface area contributed by atoms with Crippen LogP contribution in [0.2, 0.25) is 0 Å². The zero-order chi connectivity index (χ0) is 13.7. The number of aliphatic hydroxyl groups is 1. The standard InChI is InChI=1S/C16H26N2O/c1-3-18-11-4-9-16(13-19,10-12-18)17-15-7-5-14(2)6-8-15/h5-8,17,19H,3-4,9-13H2,1-2H3. The fourth-order valence-corrected chi connectivity index (χ4v) is 2.83. The van der Waals surface area contributed by atoms with Crippen LogP contribution >= 0.6 is 0 Å². The van der Waals surface area contributed by atoms with Crippen molar-refractivity contribution in [3.63, 3.8) is 0 Å². The van der Waals surface area contributed by atoms with Gasteiger partial charge < -0.3 is 15.3 Å². The van der Waals surface area contributed by atoms with Crippen LogP contribution < -0.4 is 5.32 Å². The first-order chi connectivity index (χ1) is 9.17. The summed E-state index contributed by atoms with van der Waals surface area (Å²) in [5, 5.41) is 13.4. The summed E-state index contributed by atoms with van der Waals surface area (Å²) in [5.41, 5.74) is 2.23. The molecule has 1 heterocycles. The number of aliphatic hydroxyl groups excluding tert-OH is 1. The first-order valence-electron chi connectivity index (χ1n) is 7.35. The quantitative estimate of drug-likeness (QED) is 0.875. The topological polar surface area (TPSA) is 35.5 Å². The minimum atomic E-state index is -0.154. The first kappa shape index (κ1) is 14.4. The highest BCUT2D eigenvalue weighted by molar-refractivity contribution is 5.47. The lowest BCUT2D eigenvalue weighted by atomic mass is 9.91. The molecule has 1 unspecified atom stereocenters. The van der Waals surface area contributed by atoms with Crippen LogP contribution in [0.5, 0.6) is 0 Å². The molecule has 3 nitrogen and oxygen atoms in total. The molecule has 1 aliphatic heterocycles. The lowest BCUT2D eigenvalue weighted by molar-refractivity contribution is 0.193. The Morgan fingerprint density at radius 3 is 2.58 bits per heavy atom. The van der Waals surface area contributed by atoms with Crippen LogP contribution in [0.25, 0.3) is 0 Å². The molecular formula is C16H26N2O. The lowest BCUT2D eigenvalue weighted by Crippen LogP contribution is -2.43. The van der Waals surface area contributed by atoms with Crippen molar-refractivity contribution in [2.45, 2.75) is 38.6 Å². The Morgan fingerprint density at radius 1 is 1.21 bits per heavy atom. The number of anilines is 1. The second-order valence-electron chi connectivity index (χ2n) is 5.72. The molecule has 2 N–H and O–H groups in total. The van der Waals surface area contributed by atoms with E-state index in [1.165, 1.54) is 5.56 Å². The second kappa shape index (κ2) is 6.40. The first-order valence-corrected chi connectivity index (χ1v) is 7.35. The highest BCUT2D eigenvalue weighted by Gasteiger charge is 2.31. The molecule has 0 aliphatic carbocycles. The van der Waals surface area contributed by atoms with E-state index in [4.69, 9.17) is 0 Å². The molecule has 0 radical (unpaired) electrons. The Labute approximate surface area is 116 Å². The average molecular weight is 262 g/mol. The second-order valence-corrected chi connectivity index (χ2v) is 5.72. The lowest BCUT2D eigenvalue weighted by Gasteiger charge is -2.33. The predicted octanol–water partition coefficient (Wildman–Crippen LogP) is 2.64. The number of hydrogen-bond acceptors (Lipinski definition) is 3. The molecule has 1 fully saturated rings. The summed E-state index contributed by atoms with van der Waals surface area (Å²) < 4.78 is 0. The Balaban J connectivity index is 2.07. The molecule has 0 aromatic heterocycles.